The van der Waals surface area contributed by atoms with Crippen molar-refractivity contribution in [2.24, 2.45) is 0 Å². The highest BCUT2D eigenvalue weighted by Gasteiger charge is 2.35. The first kappa shape index (κ1) is 19.8. The Hall–Kier alpha value is -2.54. The van der Waals surface area contributed by atoms with Gasteiger partial charge in [-0.15, -0.1) is 11.3 Å². The zero-order valence-electron chi connectivity index (χ0n) is 16.8. The lowest BCUT2D eigenvalue weighted by molar-refractivity contribution is -0.125. The van der Waals surface area contributed by atoms with Crippen molar-refractivity contribution < 1.29 is 19.1 Å². The average molecular weight is 415 g/mol. The largest absolute Gasteiger partial charge is 0.494 e. The molecule has 1 unspecified atom stereocenters. The number of likely N-dealkylation sites (tertiary alicyclic amines) is 1. The van der Waals surface area contributed by atoms with Crippen molar-refractivity contribution in [3.05, 3.63) is 45.6 Å². The molecule has 1 aromatic heterocycles. The van der Waals surface area contributed by atoms with Crippen LogP contribution in [0.3, 0.4) is 0 Å². The van der Waals surface area contributed by atoms with Gasteiger partial charge in [-0.1, -0.05) is 6.07 Å². The molecule has 0 spiro atoms. The SMILES string of the molecule is CCOc1cc2c(cc1CNC(=O)[C@@H]1CCCN1C(=O)c1cccs1)OC(C)C2. The van der Waals surface area contributed by atoms with Gasteiger partial charge in [0.15, 0.2) is 0 Å². The molecule has 29 heavy (non-hydrogen) atoms. The minimum absolute atomic E-state index is 0.0624. The number of hydrogen-bond donors (Lipinski definition) is 1. The molecule has 7 heteroatoms. The van der Waals surface area contributed by atoms with Crippen molar-refractivity contribution >= 4 is 23.2 Å². The lowest BCUT2D eigenvalue weighted by Gasteiger charge is -2.23. The van der Waals surface area contributed by atoms with Crippen LogP contribution >= 0.6 is 11.3 Å². The van der Waals surface area contributed by atoms with E-state index in [1.165, 1.54) is 11.3 Å². The molecule has 2 amide bonds. The van der Waals surface area contributed by atoms with Gasteiger partial charge in [0.2, 0.25) is 5.91 Å². The molecular weight excluding hydrogens is 388 g/mol. The van der Waals surface area contributed by atoms with E-state index in [2.05, 4.69) is 5.32 Å². The van der Waals surface area contributed by atoms with Gasteiger partial charge in [0.1, 0.15) is 23.6 Å². The molecule has 1 N–H and O–H groups in total. The number of benzene rings is 1. The maximum atomic E-state index is 12.9. The number of nitrogens with one attached hydrogen (secondary N) is 1. The Morgan fingerprint density at radius 2 is 2.24 bits per heavy atom. The summed E-state index contributed by atoms with van der Waals surface area (Å²) in [4.78, 5) is 28.0. The van der Waals surface area contributed by atoms with Crippen LogP contribution in [-0.2, 0) is 17.8 Å². The van der Waals surface area contributed by atoms with Crippen LogP contribution in [0.2, 0.25) is 0 Å². The Bertz CT molecular complexity index is 896. The normalized spacial score (nSPS) is 20.3. The second kappa shape index (κ2) is 8.45. The van der Waals surface area contributed by atoms with E-state index in [0.29, 0.717) is 31.0 Å². The van der Waals surface area contributed by atoms with Gasteiger partial charge in [-0.2, -0.15) is 0 Å². The average Bonchev–Trinajstić information content (AvgIpc) is 3.45. The van der Waals surface area contributed by atoms with Crippen molar-refractivity contribution in [2.75, 3.05) is 13.2 Å². The summed E-state index contributed by atoms with van der Waals surface area (Å²) >= 11 is 1.41. The molecule has 6 nitrogen and oxygen atoms in total. The molecule has 1 aromatic carbocycles. The van der Waals surface area contributed by atoms with Gasteiger partial charge in [-0.25, -0.2) is 0 Å². The highest BCUT2D eigenvalue weighted by molar-refractivity contribution is 7.12. The number of hydrogen-bond acceptors (Lipinski definition) is 5. The molecule has 0 radical (unpaired) electrons. The van der Waals surface area contributed by atoms with Crippen LogP contribution in [0.25, 0.3) is 0 Å². The molecule has 154 valence electrons. The molecule has 4 rings (SSSR count). The fourth-order valence-electron chi connectivity index (χ4n) is 4.03. The van der Waals surface area contributed by atoms with Crippen molar-refractivity contribution in [3.63, 3.8) is 0 Å². The number of nitrogens with zero attached hydrogens (tertiary/aromatic N) is 1. The van der Waals surface area contributed by atoms with E-state index < -0.39 is 6.04 Å². The van der Waals surface area contributed by atoms with E-state index in [9.17, 15) is 9.59 Å². The third kappa shape index (κ3) is 4.10. The maximum Gasteiger partial charge on any atom is 0.264 e. The number of thiophene rings is 1. The Morgan fingerprint density at radius 3 is 3.00 bits per heavy atom. The summed E-state index contributed by atoms with van der Waals surface area (Å²) in [6.45, 7) is 5.50. The van der Waals surface area contributed by atoms with E-state index >= 15 is 0 Å². The number of rotatable bonds is 6. The zero-order chi connectivity index (χ0) is 20.4. The molecule has 2 aromatic rings. The van der Waals surface area contributed by atoms with E-state index in [0.717, 1.165) is 35.5 Å². The molecule has 0 aliphatic carbocycles. The first-order valence-electron chi connectivity index (χ1n) is 10.1. The van der Waals surface area contributed by atoms with Crippen molar-refractivity contribution in [1.82, 2.24) is 10.2 Å². The van der Waals surface area contributed by atoms with Crippen LogP contribution in [-0.4, -0.2) is 42.0 Å². The quantitative estimate of drug-likeness (QED) is 0.787. The fraction of sp³-hybridized carbons (Fsp3) is 0.455. The molecule has 0 bridgehead atoms. The van der Waals surface area contributed by atoms with Crippen molar-refractivity contribution in [2.45, 2.75) is 51.8 Å². The van der Waals surface area contributed by atoms with Gasteiger partial charge in [0.25, 0.3) is 5.91 Å². The van der Waals surface area contributed by atoms with Crippen molar-refractivity contribution in [3.8, 4) is 11.5 Å². The number of ether oxygens (including phenoxy) is 2. The van der Waals surface area contributed by atoms with Crippen LogP contribution in [0.15, 0.2) is 29.6 Å². The summed E-state index contributed by atoms with van der Waals surface area (Å²) in [5.74, 6) is 1.46. The fourth-order valence-corrected chi connectivity index (χ4v) is 4.71. The van der Waals surface area contributed by atoms with Gasteiger partial charge in [-0.05, 0) is 50.3 Å². The van der Waals surface area contributed by atoms with Gasteiger partial charge in [0, 0.05) is 30.6 Å². The van der Waals surface area contributed by atoms with Crippen LogP contribution in [0, 0.1) is 0 Å². The Morgan fingerprint density at radius 1 is 1.38 bits per heavy atom. The molecule has 1 fully saturated rings. The summed E-state index contributed by atoms with van der Waals surface area (Å²) in [7, 11) is 0. The maximum absolute atomic E-state index is 12.9. The van der Waals surface area contributed by atoms with Crippen LogP contribution < -0.4 is 14.8 Å². The monoisotopic (exact) mass is 414 g/mol. The smallest absolute Gasteiger partial charge is 0.264 e. The summed E-state index contributed by atoms with van der Waals surface area (Å²) in [6.07, 6.45) is 2.54. The molecular formula is C22H26N2O4S. The predicted molar refractivity (Wildman–Crippen MR) is 112 cm³/mol. The molecule has 3 heterocycles. The molecule has 1 saturated heterocycles. The standard InChI is InChI=1S/C22H26N2O4S/c1-3-27-18-11-15-10-14(2)28-19(15)12-16(18)13-23-21(25)17-6-4-8-24(17)22(26)20-7-5-9-29-20/h5,7,9,11-12,14,17H,3-4,6,8,10,13H2,1-2H3,(H,23,25)/t14?,17-/m0/s1. The van der Waals surface area contributed by atoms with Crippen LogP contribution in [0.5, 0.6) is 11.5 Å². The molecule has 2 atom stereocenters. The van der Waals surface area contributed by atoms with Crippen molar-refractivity contribution in [1.29, 1.82) is 0 Å². The summed E-state index contributed by atoms with van der Waals surface area (Å²) < 4.78 is 11.7. The summed E-state index contributed by atoms with van der Waals surface area (Å²) in [5.41, 5.74) is 2.03. The van der Waals surface area contributed by atoms with E-state index in [-0.39, 0.29) is 17.9 Å². The minimum atomic E-state index is -0.425. The van der Waals surface area contributed by atoms with Crippen LogP contribution in [0.4, 0.5) is 0 Å². The zero-order valence-corrected chi connectivity index (χ0v) is 17.6. The third-order valence-electron chi connectivity index (χ3n) is 5.38. The van der Waals surface area contributed by atoms with E-state index in [1.807, 2.05) is 37.4 Å². The predicted octanol–water partition coefficient (Wildman–Crippen LogP) is 3.39. The lowest BCUT2D eigenvalue weighted by atomic mass is 10.1. The topological polar surface area (TPSA) is 67.9 Å². The number of fused-ring (bicyclic) bond motifs is 1. The Balaban J connectivity index is 1.45. The van der Waals surface area contributed by atoms with E-state index in [4.69, 9.17) is 9.47 Å². The minimum Gasteiger partial charge on any atom is -0.494 e. The Kier molecular flexibility index (Phi) is 5.76. The van der Waals surface area contributed by atoms with Gasteiger partial charge < -0.3 is 19.7 Å². The first-order valence-corrected chi connectivity index (χ1v) is 11.0. The number of carbonyl (C=O) groups excluding carboxylic acids is 2. The van der Waals surface area contributed by atoms with E-state index in [1.54, 1.807) is 11.0 Å². The van der Waals surface area contributed by atoms with Gasteiger partial charge in [-0.3, -0.25) is 9.59 Å². The first-order chi connectivity index (χ1) is 14.1. The van der Waals surface area contributed by atoms with Gasteiger partial charge >= 0.3 is 0 Å². The van der Waals surface area contributed by atoms with Gasteiger partial charge in [0.05, 0.1) is 11.5 Å². The summed E-state index contributed by atoms with van der Waals surface area (Å²) in [6, 6.07) is 7.22. The van der Waals surface area contributed by atoms with Crippen LogP contribution in [0.1, 0.15) is 47.5 Å². The number of carbonyl (C=O) groups is 2. The number of amides is 2. The molecule has 0 saturated carbocycles. The third-order valence-corrected chi connectivity index (χ3v) is 6.24. The second-order valence-corrected chi connectivity index (χ2v) is 8.43. The Labute approximate surface area is 174 Å². The lowest BCUT2D eigenvalue weighted by Crippen LogP contribution is -2.45. The molecule has 2 aliphatic heterocycles. The highest BCUT2D eigenvalue weighted by atomic mass is 32.1. The second-order valence-electron chi connectivity index (χ2n) is 7.48. The molecule has 2 aliphatic rings. The highest BCUT2D eigenvalue weighted by Crippen LogP contribution is 2.35. The summed E-state index contributed by atoms with van der Waals surface area (Å²) in [5, 5.41) is 4.89.